The molecule has 1 rings (SSSR count). The topological polar surface area (TPSA) is 139 Å². The van der Waals surface area contributed by atoms with Gasteiger partial charge >= 0.3 is 0 Å². The lowest BCUT2D eigenvalue weighted by atomic mass is 9.95. The molecule has 10 nitrogen and oxygen atoms in total. The molecule has 0 unspecified atom stereocenters. The third kappa shape index (κ3) is 9.67. The second-order valence-electron chi connectivity index (χ2n) is 6.82. The fraction of sp³-hybridized carbons (Fsp3) is 0.632. The number of aliphatic hydroxyl groups is 1. The van der Waals surface area contributed by atoms with Gasteiger partial charge in [-0.2, -0.15) is 0 Å². The van der Waals surface area contributed by atoms with Crippen molar-refractivity contribution in [1.82, 2.24) is 5.32 Å². The zero-order chi connectivity index (χ0) is 23.2. The number of anilines is 1. The molecule has 174 valence electrons. The summed E-state index contributed by atoms with van der Waals surface area (Å²) in [6.45, 7) is 0.240. The minimum atomic E-state index is -0.412. The van der Waals surface area contributed by atoms with E-state index in [0.717, 1.165) is 11.1 Å². The van der Waals surface area contributed by atoms with E-state index in [-0.39, 0.29) is 44.4 Å². The molecule has 0 fully saturated rings. The van der Waals surface area contributed by atoms with Crippen LogP contribution in [0.15, 0.2) is 12.1 Å². The number of nitrogens with zero attached hydrogens (tertiary/aromatic N) is 3. The Hall–Kier alpha value is -2.17. The molecule has 0 bridgehead atoms. The lowest BCUT2D eigenvalue weighted by Gasteiger charge is -2.29. The Morgan fingerprint density at radius 2 is 1.61 bits per heavy atom. The third-order valence-electron chi connectivity index (χ3n) is 4.51. The van der Waals surface area contributed by atoms with Crippen LogP contribution in [0.2, 0.25) is 0 Å². The van der Waals surface area contributed by atoms with Crippen molar-refractivity contribution in [2.24, 2.45) is 0 Å². The van der Waals surface area contributed by atoms with E-state index in [9.17, 15) is 25.0 Å². The predicted molar refractivity (Wildman–Crippen MR) is 120 cm³/mol. The maximum absolute atomic E-state index is 12.9. The summed E-state index contributed by atoms with van der Waals surface area (Å²) in [6, 6.07) is 3.52. The van der Waals surface area contributed by atoms with Crippen LogP contribution in [0.5, 0.6) is 0 Å². The average Bonchev–Trinajstić information content (AvgIpc) is 2.71. The Labute approximate surface area is 190 Å². The van der Waals surface area contributed by atoms with Crippen LogP contribution in [0.4, 0.5) is 5.69 Å². The molecule has 0 aromatic heterocycles. The minimum Gasteiger partial charge on any atom is -0.395 e. The first-order valence-electron chi connectivity index (χ1n) is 9.99. The van der Waals surface area contributed by atoms with Gasteiger partial charge in [0.25, 0.3) is 5.91 Å². The first-order valence-corrected chi connectivity index (χ1v) is 11.1. The van der Waals surface area contributed by atoms with Crippen molar-refractivity contribution in [3.05, 3.63) is 49.1 Å². The van der Waals surface area contributed by atoms with Crippen molar-refractivity contribution in [2.75, 3.05) is 56.0 Å². The summed E-state index contributed by atoms with van der Waals surface area (Å²) in [7, 11) is 0. The molecule has 12 heteroatoms. The number of hydrogen-bond donors (Lipinski definition) is 2. The zero-order valence-corrected chi connectivity index (χ0v) is 18.7. The van der Waals surface area contributed by atoms with E-state index in [4.69, 9.17) is 28.3 Å². The molecule has 0 atom stereocenters. The molecule has 2 N–H and O–H groups in total. The molecule has 1 aromatic rings. The Morgan fingerprint density at radius 3 is 2.13 bits per heavy atom. The van der Waals surface area contributed by atoms with Crippen molar-refractivity contribution in [1.29, 1.82) is 0 Å². The van der Waals surface area contributed by atoms with Crippen LogP contribution in [-0.4, -0.2) is 72.0 Å². The molecular weight excluding hydrogens is 451 g/mol. The Balaban J connectivity index is 3.45. The normalized spacial score (nSPS) is 10.7. The van der Waals surface area contributed by atoms with Crippen LogP contribution in [0.1, 0.15) is 34.3 Å². The first kappa shape index (κ1) is 26.9. The molecule has 0 aliphatic heterocycles. The quantitative estimate of drug-likeness (QED) is 0.210. The number of nitro groups is 2. The van der Waals surface area contributed by atoms with Crippen molar-refractivity contribution >= 4 is 34.8 Å². The van der Waals surface area contributed by atoms with Crippen LogP contribution >= 0.6 is 23.2 Å². The van der Waals surface area contributed by atoms with Gasteiger partial charge < -0.3 is 15.3 Å². The highest BCUT2D eigenvalue weighted by Crippen LogP contribution is 2.30. The largest absolute Gasteiger partial charge is 0.395 e. The smallest absolute Gasteiger partial charge is 0.253 e. The Morgan fingerprint density at radius 1 is 1.03 bits per heavy atom. The highest BCUT2D eigenvalue weighted by Gasteiger charge is 2.22. The molecule has 1 amide bonds. The lowest BCUT2D eigenvalue weighted by molar-refractivity contribution is -0.480. The molecule has 0 saturated carbocycles. The highest BCUT2D eigenvalue weighted by atomic mass is 35.5. The van der Waals surface area contributed by atoms with Gasteiger partial charge in [-0.05, 0) is 30.0 Å². The van der Waals surface area contributed by atoms with Gasteiger partial charge in [-0.15, -0.1) is 23.2 Å². The van der Waals surface area contributed by atoms with E-state index in [2.05, 4.69) is 5.32 Å². The first-order chi connectivity index (χ1) is 14.8. The number of amides is 1. The molecule has 1 aromatic carbocycles. The molecule has 0 heterocycles. The summed E-state index contributed by atoms with van der Waals surface area (Å²) in [5.74, 6) is 0.158. The number of nitrogens with one attached hydrogen (secondary N) is 1. The number of aliphatic hydroxyl groups excluding tert-OH is 1. The molecule has 0 radical (unpaired) electrons. The maximum Gasteiger partial charge on any atom is 0.253 e. The van der Waals surface area contributed by atoms with Crippen molar-refractivity contribution in [3.63, 3.8) is 0 Å². The second-order valence-corrected chi connectivity index (χ2v) is 7.57. The number of alkyl halides is 2. The third-order valence-corrected chi connectivity index (χ3v) is 4.85. The SMILES string of the molecule is O=C(NCCO)c1cc(CCC[N+](=O)[O-])cc(CCC[N+](=O)[O-])c1N(CCCl)CCCl. The number of carbonyl (C=O) groups excluding carboxylic acids is 1. The van der Waals surface area contributed by atoms with Gasteiger partial charge in [-0.3, -0.25) is 25.0 Å². The average molecular weight is 479 g/mol. The fourth-order valence-corrected chi connectivity index (χ4v) is 3.67. The molecule has 0 aliphatic rings. The summed E-state index contributed by atoms with van der Waals surface area (Å²) in [5.41, 5.74) is 2.38. The monoisotopic (exact) mass is 478 g/mol. The second kappa shape index (κ2) is 14.8. The lowest BCUT2D eigenvalue weighted by Crippen LogP contribution is -2.33. The number of hydrogen-bond acceptors (Lipinski definition) is 7. The van der Waals surface area contributed by atoms with E-state index in [1.165, 1.54) is 0 Å². The van der Waals surface area contributed by atoms with Crippen molar-refractivity contribution in [3.8, 4) is 0 Å². The van der Waals surface area contributed by atoms with Gasteiger partial charge in [0.2, 0.25) is 13.1 Å². The summed E-state index contributed by atoms with van der Waals surface area (Å²) in [6.07, 6.45) is 1.30. The minimum absolute atomic E-state index is 0.0610. The van der Waals surface area contributed by atoms with E-state index >= 15 is 0 Å². The summed E-state index contributed by atoms with van der Waals surface area (Å²) < 4.78 is 0. The molecular formula is C19H28Cl2N4O6. The van der Waals surface area contributed by atoms with Crippen LogP contribution in [0.3, 0.4) is 0 Å². The number of benzene rings is 1. The van der Waals surface area contributed by atoms with Gasteiger partial charge in [0.15, 0.2) is 0 Å². The van der Waals surface area contributed by atoms with E-state index < -0.39 is 15.8 Å². The summed E-state index contributed by atoms with van der Waals surface area (Å²) >= 11 is 11.9. The fourth-order valence-electron chi connectivity index (χ4n) is 3.26. The predicted octanol–water partition coefficient (Wildman–Crippen LogP) is 2.11. The maximum atomic E-state index is 12.9. The van der Waals surface area contributed by atoms with Crippen molar-refractivity contribution in [2.45, 2.75) is 25.7 Å². The van der Waals surface area contributed by atoms with E-state index in [0.29, 0.717) is 43.6 Å². The van der Waals surface area contributed by atoms with E-state index in [1.54, 1.807) is 6.07 Å². The molecule has 0 spiro atoms. The number of rotatable bonds is 16. The number of halogens is 2. The van der Waals surface area contributed by atoms with Gasteiger partial charge in [-0.1, -0.05) is 6.07 Å². The molecule has 31 heavy (non-hydrogen) atoms. The number of carbonyl (C=O) groups is 1. The standard InChI is InChI=1S/C19H28Cl2N4O6/c20-5-10-23(11-6-21)18-16(4-2-9-25(30)31)13-15(3-1-8-24(28)29)14-17(18)19(27)22-7-12-26/h13-14,26H,1-12H2,(H,22,27). The molecule has 0 saturated heterocycles. The van der Waals surface area contributed by atoms with Crippen LogP contribution in [-0.2, 0) is 12.8 Å². The summed E-state index contributed by atoms with van der Waals surface area (Å²) in [4.78, 5) is 35.4. The zero-order valence-electron chi connectivity index (χ0n) is 17.2. The van der Waals surface area contributed by atoms with Crippen molar-refractivity contribution < 1.29 is 19.7 Å². The number of aryl methyl sites for hydroxylation is 2. The molecule has 0 aliphatic carbocycles. The van der Waals surface area contributed by atoms with Crippen LogP contribution in [0, 0.1) is 20.2 Å². The summed E-state index contributed by atoms with van der Waals surface area (Å²) in [5, 5.41) is 33.2. The Bertz CT molecular complexity index is 744. The van der Waals surface area contributed by atoms with Gasteiger partial charge in [0, 0.05) is 54.1 Å². The highest BCUT2D eigenvalue weighted by molar-refractivity contribution is 6.18. The van der Waals surface area contributed by atoms with Gasteiger partial charge in [0.05, 0.1) is 17.9 Å². The van der Waals surface area contributed by atoms with Crippen LogP contribution < -0.4 is 10.2 Å². The van der Waals surface area contributed by atoms with Crippen LogP contribution in [0.25, 0.3) is 0 Å². The van der Waals surface area contributed by atoms with Gasteiger partial charge in [-0.25, -0.2) is 0 Å². The van der Waals surface area contributed by atoms with Gasteiger partial charge in [0.1, 0.15) is 0 Å². The van der Waals surface area contributed by atoms with E-state index in [1.807, 2.05) is 11.0 Å². The Kier molecular flexibility index (Phi) is 12.8.